The van der Waals surface area contributed by atoms with Crippen LogP contribution in [-0.2, 0) is 13.0 Å². The van der Waals surface area contributed by atoms with Crippen LogP contribution in [0.15, 0.2) is 36.5 Å². The molecule has 2 heterocycles. The van der Waals surface area contributed by atoms with Crippen LogP contribution in [0, 0.1) is 0 Å². The summed E-state index contributed by atoms with van der Waals surface area (Å²) in [5.41, 5.74) is 9.16. The first kappa shape index (κ1) is 13.4. The van der Waals surface area contributed by atoms with Gasteiger partial charge in [-0.3, -0.25) is 0 Å². The highest BCUT2D eigenvalue weighted by Gasteiger charge is 2.18. The summed E-state index contributed by atoms with van der Waals surface area (Å²) in [5.74, 6) is -0.348. The van der Waals surface area contributed by atoms with E-state index in [0.29, 0.717) is 11.5 Å². The number of nitrogens with zero attached hydrogens (tertiary/aromatic N) is 2. The smallest absolute Gasteiger partial charge is 0.337 e. The van der Waals surface area contributed by atoms with Gasteiger partial charge in [0, 0.05) is 19.3 Å². The van der Waals surface area contributed by atoms with E-state index in [1.165, 1.54) is 23.4 Å². The maximum Gasteiger partial charge on any atom is 0.337 e. The minimum Gasteiger partial charge on any atom is -0.478 e. The lowest BCUT2D eigenvalue weighted by molar-refractivity contribution is 0.0696. The van der Waals surface area contributed by atoms with Gasteiger partial charge in [0.2, 0.25) is 0 Å². The molecule has 5 heteroatoms. The average Bonchev–Trinajstić information content (AvgIpc) is 2.69. The summed E-state index contributed by atoms with van der Waals surface area (Å²) in [4.78, 5) is 17.3. The molecule has 3 rings (SSSR count). The van der Waals surface area contributed by atoms with E-state index < -0.39 is 5.97 Å². The van der Waals surface area contributed by atoms with Gasteiger partial charge in [-0.15, -0.1) is 0 Å². The fraction of sp³-hybridized carbons (Fsp3) is 0.250. The van der Waals surface area contributed by atoms with Crippen LogP contribution in [0.5, 0.6) is 0 Å². The number of aromatic nitrogens is 1. The first-order chi connectivity index (χ1) is 10.1. The predicted molar refractivity (Wildman–Crippen MR) is 81.4 cm³/mol. The van der Waals surface area contributed by atoms with Crippen molar-refractivity contribution < 1.29 is 9.90 Å². The third kappa shape index (κ3) is 2.67. The molecular formula is C16H17N3O2. The topological polar surface area (TPSA) is 79.5 Å². The lowest BCUT2D eigenvalue weighted by Crippen LogP contribution is -2.25. The van der Waals surface area contributed by atoms with E-state index >= 15 is 0 Å². The zero-order valence-corrected chi connectivity index (χ0v) is 11.6. The molecule has 0 unspecified atom stereocenters. The number of carboxylic acids is 1. The van der Waals surface area contributed by atoms with E-state index in [1.807, 2.05) is 6.07 Å². The van der Waals surface area contributed by atoms with E-state index in [4.69, 9.17) is 10.8 Å². The van der Waals surface area contributed by atoms with Gasteiger partial charge in [-0.1, -0.05) is 24.3 Å². The normalized spacial score (nSPS) is 14.4. The summed E-state index contributed by atoms with van der Waals surface area (Å²) in [6.45, 7) is 1.61. The number of carboxylic acid groups (broad SMARTS) is 1. The van der Waals surface area contributed by atoms with Crippen molar-refractivity contribution in [1.82, 2.24) is 4.98 Å². The number of aromatic carboxylic acids is 1. The van der Waals surface area contributed by atoms with E-state index in [0.717, 1.165) is 25.9 Å². The van der Waals surface area contributed by atoms with E-state index in [2.05, 4.69) is 28.1 Å². The molecule has 0 spiro atoms. The van der Waals surface area contributed by atoms with Gasteiger partial charge in [-0.25, -0.2) is 9.78 Å². The Hall–Kier alpha value is -2.56. The molecule has 3 N–H and O–H groups in total. The Morgan fingerprint density at radius 3 is 2.76 bits per heavy atom. The third-order valence-electron chi connectivity index (χ3n) is 3.80. The number of pyridine rings is 1. The van der Waals surface area contributed by atoms with Crippen molar-refractivity contribution in [2.45, 2.75) is 19.4 Å². The van der Waals surface area contributed by atoms with E-state index in [9.17, 15) is 4.79 Å². The van der Waals surface area contributed by atoms with Crippen molar-refractivity contribution in [3.63, 3.8) is 0 Å². The largest absolute Gasteiger partial charge is 0.478 e. The van der Waals surface area contributed by atoms with Crippen molar-refractivity contribution in [3.8, 4) is 0 Å². The number of carbonyl (C=O) groups is 1. The Morgan fingerprint density at radius 1 is 1.29 bits per heavy atom. The standard InChI is InChI=1S/C16H17N3O2/c17-14-8-13(16(20)21)9-18-15(14)19-7-3-6-11-4-1-2-5-12(11)10-19/h1-2,4-5,8-9H,3,6-7,10,17H2,(H,20,21). The van der Waals surface area contributed by atoms with Crippen LogP contribution in [0.2, 0.25) is 0 Å². The highest BCUT2D eigenvalue weighted by Crippen LogP contribution is 2.27. The summed E-state index contributed by atoms with van der Waals surface area (Å²) in [5, 5.41) is 8.98. The van der Waals surface area contributed by atoms with E-state index in [-0.39, 0.29) is 5.56 Å². The quantitative estimate of drug-likeness (QED) is 0.884. The number of nitrogen functional groups attached to an aromatic ring is 1. The molecule has 2 aromatic rings. The Balaban J connectivity index is 1.92. The SMILES string of the molecule is Nc1cc(C(=O)O)cnc1N1CCCc2ccccc2C1. The van der Waals surface area contributed by atoms with Crippen LogP contribution >= 0.6 is 0 Å². The van der Waals surface area contributed by atoms with Gasteiger partial charge in [-0.2, -0.15) is 0 Å². The number of rotatable bonds is 2. The molecule has 0 aliphatic carbocycles. The van der Waals surface area contributed by atoms with Gasteiger partial charge in [0.05, 0.1) is 11.3 Å². The van der Waals surface area contributed by atoms with Gasteiger partial charge in [-0.05, 0) is 30.0 Å². The number of anilines is 2. The molecule has 0 bridgehead atoms. The molecule has 1 aliphatic heterocycles. The second kappa shape index (κ2) is 5.44. The Labute approximate surface area is 123 Å². The fourth-order valence-corrected chi connectivity index (χ4v) is 2.74. The zero-order valence-electron chi connectivity index (χ0n) is 11.6. The lowest BCUT2D eigenvalue weighted by Gasteiger charge is -2.23. The molecule has 0 atom stereocenters. The maximum absolute atomic E-state index is 11.0. The number of aryl methyl sites for hydroxylation is 1. The van der Waals surface area contributed by atoms with Gasteiger partial charge >= 0.3 is 5.97 Å². The highest BCUT2D eigenvalue weighted by atomic mass is 16.4. The predicted octanol–water partition coefficient (Wildman–Crippen LogP) is 2.31. The fourth-order valence-electron chi connectivity index (χ4n) is 2.74. The second-order valence-corrected chi connectivity index (χ2v) is 5.24. The number of hydrogen-bond acceptors (Lipinski definition) is 4. The van der Waals surface area contributed by atoms with Gasteiger partial charge in [0.15, 0.2) is 5.82 Å². The second-order valence-electron chi connectivity index (χ2n) is 5.24. The molecular weight excluding hydrogens is 266 g/mol. The van der Waals surface area contributed by atoms with Crippen molar-refractivity contribution in [2.24, 2.45) is 0 Å². The lowest BCUT2D eigenvalue weighted by atomic mass is 10.0. The summed E-state index contributed by atoms with van der Waals surface area (Å²) in [6.07, 6.45) is 3.43. The molecule has 108 valence electrons. The van der Waals surface area contributed by atoms with Gasteiger partial charge in [0.25, 0.3) is 0 Å². The van der Waals surface area contributed by atoms with Crippen LogP contribution in [-0.4, -0.2) is 22.6 Å². The van der Waals surface area contributed by atoms with Gasteiger partial charge < -0.3 is 15.7 Å². The molecule has 0 amide bonds. The minimum absolute atomic E-state index is 0.117. The third-order valence-corrected chi connectivity index (χ3v) is 3.80. The number of nitrogens with two attached hydrogens (primary N) is 1. The summed E-state index contributed by atoms with van der Waals surface area (Å²) in [6, 6.07) is 9.84. The maximum atomic E-state index is 11.0. The molecule has 1 aromatic carbocycles. The number of benzene rings is 1. The van der Waals surface area contributed by atoms with Crippen molar-refractivity contribution in [1.29, 1.82) is 0 Å². The van der Waals surface area contributed by atoms with E-state index in [1.54, 1.807) is 0 Å². The Kier molecular flexibility index (Phi) is 3.48. The molecule has 1 aromatic heterocycles. The summed E-state index contributed by atoms with van der Waals surface area (Å²) < 4.78 is 0. The molecule has 0 radical (unpaired) electrons. The van der Waals surface area contributed by atoms with Crippen LogP contribution in [0.4, 0.5) is 11.5 Å². The molecule has 1 aliphatic rings. The Bertz CT molecular complexity index is 685. The molecule has 0 saturated carbocycles. The first-order valence-electron chi connectivity index (χ1n) is 6.95. The molecule has 5 nitrogen and oxygen atoms in total. The molecule has 21 heavy (non-hydrogen) atoms. The average molecular weight is 283 g/mol. The first-order valence-corrected chi connectivity index (χ1v) is 6.95. The van der Waals surface area contributed by atoms with Crippen molar-refractivity contribution >= 4 is 17.5 Å². The van der Waals surface area contributed by atoms with Crippen molar-refractivity contribution in [3.05, 3.63) is 53.2 Å². The summed E-state index contributed by atoms with van der Waals surface area (Å²) in [7, 11) is 0. The molecule has 0 saturated heterocycles. The van der Waals surface area contributed by atoms with Crippen LogP contribution in [0.25, 0.3) is 0 Å². The molecule has 0 fully saturated rings. The van der Waals surface area contributed by atoms with Crippen molar-refractivity contribution in [2.75, 3.05) is 17.2 Å². The van der Waals surface area contributed by atoms with Crippen LogP contribution in [0.1, 0.15) is 27.9 Å². The van der Waals surface area contributed by atoms with Gasteiger partial charge in [0.1, 0.15) is 0 Å². The summed E-state index contributed by atoms with van der Waals surface area (Å²) >= 11 is 0. The number of hydrogen-bond donors (Lipinski definition) is 2. The number of fused-ring (bicyclic) bond motifs is 1. The Morgan fingerprint density at radius 2 is 2.05 bits per heavy atom. The van der Waals surface area contributed by atoms with Crippen LogP contribution in [0.3, 0.4) is 0 Å². The minimum atomic E-state index is -1.01. The monoisotopic (exact) mass is 283 g/mol. The van der Waals surface area contributed by atoms with Crippen LogP contribution < -0.4 is 10.6 Å². The zero-order chi connectivity index (χ0) is 14.8. The highest BCUT2D eigenvalue weighted by molar-refractivity contribution is 5.89.